The summed E-state index contributed by atoms with van der Waals surface area (Å²) < 4.78 is 7.67. The number of hydrogen-bond donors (Lipinski definition) is 1. The first kappa shape index (κ1) is 18.4. The predicted octanol–water partition coefficient (Wildman–Crippen LogP) is 5.78. The van der Waals surface area contributed by atoms with Gasteiger partial charge in [-0.3, -0.25) is 4.79 Å². The summed E-state index contributed by atoms with van der Waals surface area (Å²) in [6.07, 6.45) is 1.95. The number of carbonyl (C=O) groups excluding carboxylic acids is 1. The monoisotopic (exact) mass is 415 g/mol. The number of nitrogens with zero attached hydrogens (tertiary/aromatic N) is 1. The predicted molar refractivity (Wildman–Crippen MR) is 117 cm³/mol. The van der Waals surface area contributed by atoms with Crippen LogP contribution in [0, 0.1) is 0 Å². The van der Waals surface area contributed by atoms with Gasteiger partial charge in [-0.1, -0.05) is 24.3 Å². The van der Waals surface area contributed by atoms with E-state index in [1.54, 1.807) is 17.5 Å². The lowest BCUT2D eigenvalue weighted by Gasteiger charge is -2.04. The van der Waals surface area contributed by atoms with Crippen molar-refractivity contribution in [3.63, 3.8) is 0 Å². The lowest BCUT2D eigenvalue weighted by Crippen LogP contribution is -2.07. The van der Waals surface area contributed by atoms with Crippen molar-refractivity contribution in [3.8, 4) is 10.4 Å². The third kappa shape index (κ3) is 3.02. The van der Waals surface area contributed by atoms with Crippen molar-refractivity contribution in [1.29, 1.82) is 0 Å². The van der Waals surface area contributed by atoms with Gasteiger partial charge in [0, 0.05) is 40.8 Å². The molecule has 5 nitrogen and oxygen atoms in total. The molecule has 0 bridgehead atoms. The molecule has 0 unspecified atom stereocenters. The summed E-state index contributed by atoms with van der Waals surface area (Å²) in [5.74, 6) is -1.03. The van der Waals surface area contributed by atoms with Gasteiger partial charge < -0.3 is 14.1 Å². The van der Waals surface area contributed by atoms with E-state index in [1.807, 2.05) is 60.3 Å². The van der Waals surface area contributed by atoms with Gasteiger partial charge in [0.15, 0.2) is 5.76 Å². The Morgan fingerprint density at radius 1 is 1.07 bits per heavy atom. The number of furan rings is 1. The van der Waals surface area contributed by atoms with E-state index in [2.05, 4.69) is 0 Å². The highest BCUT2D eigenvalue weighted by molar-refractivity contribution is 7.14. The van der Waals surface area contributed by atoms with Crippen molar-refractivity contribution >= 4 is 45.0 Å². The maximum absolute atomic E-state index is 12.8. The first-order valence-electron chi connectivity index (χ1n) is 9.42. The number of benzene rings is 2. The standard InChI is InChI=1S/C24H17NO4S/c1-25-9-8-14-10-16(6-7-18(14)25)23-22(24(27)28)17(13-30-23)11-19(26)21-12-15-4-2-3-5-20(15)29-21/h2-10,12-13H,11H2,1H3,(H,27,28). The highest BCUT2D eigenvalue weighted by Gasteiger charge is 2.23. The molecule has 6 heteroatoms. The van der Waals surface area contributed by atoms with E-state index in [1.165, 1.54) is 11.3 Å². The van der Waals surface area contributed by atoms with Gasteiger partial charge in [-0.2, -0.15) is 0 Å². The molecule has 0 saturated carbocycles. The van der Waals surface area contributed by atoms with Gasteiger partial charge in [0.1, 0.15) is 5.58 Å². The maximum Gasteiger partial charge on any atom is 0.337 e. The van der Waals surface area contributed by atoms with E-state index in [-0.39, 0.29) is 23.5 Å². The van der Waals surface area contributed by atoms with Crippen LogP contribution in [-0.2, 0) is 13.5 Å². The highest BCUT2D eigenvalue weighted by atomic mass is 32.1. The fourth-order valence-corrected chi connectivity index (χ4v) is 4.83. The number of hydrogen-bond acceptors (Lipinski definition) is 4. The highest BCUT2D eigenvalue weighted by Crippen LogP contribution is 2.35. The van der Waals surface area contributed by atoms with Crippen LogP contribution in [-0.4, -0.2) is 21.4 Å². The molecule has 30 heavy (non-hydrogen) atoms. The summed E-state index contributed by atoms with van der Waals surface area (Å²) in [5, 5.41) is 13.5. The van der Waals surface area contributed by atoms with Crippen LogP contribution in [0.1, 0.15) is 26.5 Å². The minimum absolute atomic E-state index is 0.0223. The number of Topliss-reactive ketones (excluding diaryl/α,β-unsaturated/α-hetero) is 1. The summed E-state index contributed by atoms with van der Waals surface area (Å²) in [5.41, 5.74) is 3.23. The normalized spacial score (nSPS) is 11.4. The van der Waals surface area contributed by atoms with Crippen LogP contribution in [0.25, 0.3) is 32.3 Å². The van der Waals surface area contributed by atoms with E-state index in [4.69, 9.17) is 4.42 Å². The molecule has 0 saturated heterocycles. The molecular formula is C24H17NO4S. The summed E-state index contributed by atoms with van der Waals surface area (Å²) in [7, 11) is 1.97. The average molecular weight is 415 g/mol. The fraction of sp³-hybridized carbons (Fsp3) is 0.0833. The van der Waals surface area contributed by atoms with Crippen LogP contribution in [0.2, 0.25) is 0 Å². The van der Waals surface area contributed by atoms with Gasteiger partial charge in [0.25, 0.3) is 0 Å². The Morgan fingerprint density at radius 3 is 2.70 bits per heavy atom. The quantitative estimate of drug-likeness (QED) is 0.370. The zero-order valence-electron chi connectivity index (χ0n) is 16.1. The third-order valence-corrected chi connectivity index (χ3v) is 6.36. The number of aromatic nitrogens is 1. The van der Waals surface area contributed by atoms with Crippen LogP contribution < -0.4 is 0 Å². The number of aromatic carboxylic acids is 1. The molecule has 0 spiro atoms. The second-order valence-electron chi connectivity index (χ2n) is 7.22. The summed E-state index contributed by atoms with van der Waals surface area (Å²) in [4.78, 5) is 25.5. The number of aryl methyl sites for hydroxylation is 1. The zero-order chi connectivity index (χ0) is 20.8. The number of fused-ring (bicyclic) bond motifs is 2. The minimum Gasteiger partial charge on any atom is -0.478 e. The Balaban J connectivity index is 1.51. The van der Waals surface area contributed by atoms with Crippen molar-refractivity contribution in [3.05, 3.63) is 83.1 Å². The molecule has 3 aromatic heterocycles. The van der Waals surface area contributed by atoms with Gasteiger partial charge in [-0.25, -0.2) is 4.79 Å². The molecule has 2 aromatic carbocycles. The zero-order valence-corrected chi connectivity index (χ0v) is 16.9. The van der Waals surface area contributed by atoms with Gasteiger partial charge in [-0.05, 0) is 46.8 Å². The molecular weight excluding hydrogens is 398 g/mol. The molecule has 0 radical (unpaired) electrons. The number of thiophene rings is 1. The fourth-order valence-electron chi connectivity index (χ4n) is 3.77. The first-order valence-corrected chi connectivity index (χ1v) is 10.3. The smallest absolute Gasteiger partial charge is 0.337 e. The first-order chi connectivity index (χ1) is 14.5. The van der Waals surface area contributed by atoms with Crippen molar-refractivity contribution in [2.45, 2.75) is 6.42 Å². The van der Waals surface area contributed by atoms with Crippen LogP contribution in [0.3, 0.4) is 0 Å². The molecule has 0 aliphatic rings. The Morgan fingerprint density at radius 2 is 1.90 bits per heavy atom. The van der Waals surface area contributed by atoms with Gasteiger partial charge in [0.2, 0.25) is 5.78 Å². The molecule has 1 N–H and O–H groups in total. The Labute approximate surface area is 175 Å². The molecule has 0 aliphatic carbocycles. The molecule has 3 heterocycles. The molecule has 5 rings (SSSR count). The van der Waals surface area contributed by atoms with Gasteiger partial charge in [0.05, 0.1) is 5.56 Å². The number of carboxylic acids is 1. The molecule has 0 amide bonds. The van der Waals surface area contributed by atoms with Gasteiger partial charge >= 0.3 is 5.97 Å². The van der Waals surface area contributed by atoms with E-state index in [0.29, 0.717) is 16.0 Å². The largest absolute Gasteiger partial charge is 0.478 e. The van der Waals surface area contributed by atoms with Crippen LogP contribution in [0.4, 0.5) is 0 Å². The minimum atomic E-state index is -1.04. The average Bonchev–Trinajstić information content (AvgIpc) is 3.44. The Kier molecular flexibility index (Phi) is 4.29. The van der Waals surface area contributed by atoms with Crippen molar-refractivity contribution < 1.29 is 19.1 Å². The number of ketones is 1. The van der Waals surface area contributed by atoms with Crippen LogP contribution >= 0.6 is 11.3 Å². The summed E-state index contributed by atoms with van der Waals surface area (Å²) in [6.45, 7) is 0. The molecule has 0 aliphatic heterocycles. The summed E-state index contributed by atoms with van der Waals surface area (Å²) in [6, 6.07) is 17.0. The lowest BCUT2D eigenvalue weighted by molar-refractivity contribution is 0.0697. The Bertz CT molecular complexity index is 1400. The van der Waals surface area contributed by atoms with Gasteiger partial charge in [-0.15, -0.1) is 11.3 Å². The molecule has 5 aromatic rings. The van der Waals surface area contributed by atoms with Crippen molar-refractivity contribution in [2.24, 2.45) is 7.05 Å². The number of para-hydroxylation sites is 1. The second-order valence-corrected chi connectivity index (χ2v) is 8.10. The Hall–Kier alpha value is -3.64. The topological polar surface area (TPSA) is 72.4 Å². The van der Waals surface area contributed by atoms with E-state index >= 15 is 0 Å². The van der Waals surface area contributed by atoms with E-state index < -0.39 is 5.97 Å². The van der Waals surface area contributed by atoms with Crippen molar-refractivity contribution in [1.82, 2.24) is 4.57 Å². The number of rotatable bonds is 5. The third-order valence-electron chi connectivity index (χ3n) is 5.28. The van der Waals surface area contributed by atoms with E-state index in [0.717, 1.165) is 21.9 Å². The molecule has 148 valence electrons. The maximum atomic E-state index is 12.8. The number of carboxylic acid groups (broad SMARTS) is 1. The molecule has 0 fully saturated rings. The lowest BCUT2D eigenvalue weighted by atomic mass is 10.0. The summed E-state index contributed by atoms with van der Waals surface area (Å²) >= 11 is 1.34. The SMILES string of the molecule is Cn1ccc2cc(-c3scc(CC(=O)c4cc5ccccc5o4)c3C(=O)O)ccc21. The van der Waals surface area contributed by atoms with Crippen LogP contribution in [0.5, 0.6) is 0 Å². The van der Waals surface area contributed by atoms with Crippen molar-refractivity contribution in [2.75, 3.05) is 0 Å². The second kappa shape index (κ2) is 7.00. The van der Waals surface area contributed by atoms with E-state index in [9.17, 15) is 14.7 Å². The molecule has 0 atom stereocenters. The number of carbonyl (C=O) groups is 2. The van der Waals surface area contributed by atoms with Crippen LogP contribution in [0.15, 0.2) is 70.6 Å².